The normalized spacial score (nSPS) is 19.4. The molecule has 0 saturated carbocycles. The van der Waals surface area contributed by atoms with Crippen molar-refractivity contribution in [2.24, 2.45) is 0 Å². The minimum Gasteiger partial charge on any atom is -0.490 e. The van der Waals surface area contributed by atoms with E-state index >= 15 is 0 Å². The molecule has 1 aliphatic heterocycles. The zero-order chi connectivity index (χ0) is 16.2. The van der Waals surface area contributed by atoms with Crippen LogP contribution in [0.1, 0.15) is 41.5 Å². The zero-order valence-corrected chi connectivity index (χ0v) is 14.3. The molecule has 1 N–H and O–H groups in total. The summed E-state index contributed by atoms with van der Waals surface area (Å²) >= 11 is 0. The average molecular weight is 322 g/mol. The average Bonchev–Trinajstić information content (AvgIpc) is 2.59. The van der Waals surface area contributed by atoms with E-state index in [-0.39, 0.29) is 0 Å². The molecule has 1 atom stereocenters. The molecule has 0 bridgehead atoms. The molecular weight excluding hydrogens is 296 g/mol. The first-order valence-corrected chi connectivity index (χ1v) is 9.27. The fraction of sp³-hybridized carbons (Fsp3) is 0.476. The molecular formula is C21H26N2O. The van der Waals surface area contributed by atoms with E-state index in [4.69, 9.17) is 4.74 Å². The number of aromatic nitrogens is 1. The van der Waals surface area contributed by atoms with E-state index in [0.29, 0.717) is 6.04 Å². The Kier molecular flexibility index (Phi) is 4.79. The van der Waals surface area contributed by atoms with Crippen LogP contribution in [0.15, 0.2) is 36.7 Å². The number of hydrogen-bond acceptors (Lipinski definition) is 3. The minimum atomic E-state index is 0.518. The van der Waals surface area contributed by atoms with Gasteiger partial charge in [0.2, 0.25) is 0 Å². The molecule has 0 unspecified atom stereocenters. The fourth-order valence-corrected chi connectivity index (χ4v) is 3.60. The van der Waals surface area contributed by atoms with Crippen molar-refractivity contribution in [1.29, 1.82) is 0 Å². The Morgan fingerprint density at radius 2 is 1.83 bits per heavy atom. The van der Waals surface area contributed by atoms with Crippen LogP contribution in [-0.4, -0.2) is 24.2 Å². The Labute approximate surface area is 144 Å². The van der Waals surface area contributed by atoms with E-state index in [1.54, 1.807) is 11.1 Å². The highest BCUT2D eigenvalue weighted by molar-refractivity contribution is 5.34. The smallest absolute Gasteiger partial charge is 0.137 e. The Morgan fingerprint density at radius 1 is 1.00 bits per heavy atom. The van der Waals surface area contributed by atoms with Gasteiger partial charge in [0.25, 0.3) is 0 Å². The van der Waals surface area contributed by atoms with Crippen LogP contribution >= 0.6 is 0 Å². The lowest BCUT2D eigenvalue weighted by Crippen LogP contribution is -2.46. The van der Waals surface area contributed by atoms with Gasteiger partial charge in [0, 0.05) is 12.2 Å². The zero-order valence-electron chi connectivity index (χ0n) is 14.3. The Morgan fingerprint density at radius 3 is 2.67 bits per heavy atom. The number of fused-ring (bicyclic) bond motifs is 1. The van der Waals surface area contributed by atoms with E-state index in [1.165, 1.54) is 43.2 Å². The summed E-state index contributed by atoms with van der Waals surface area (Å²) in [5, 5.41) is 3.36. The second kappa shape index (κ2) is 7.35. The molecule has 2 aliphatic rings. The third-order valence-electron chi connectivity index (χ3n) is 5.26. The lowest BCUT2D eigenvalue weighted by molar-refractivity contribution is 0.217. The maximum Gasteiger partial charge on any atom is 0.137 e. The van der Waals surface area contributed by atoms with Gasteiger partial charge in [0.1, 0.15) is 12.4 Å². The molecule has 0 amide bonds. The van der Waals surface area contributed by atoms with Gasteiger partial charge in [-0.3, -0.25) is 4.98 Å². The second-order valence-electron chi connectivity index (χ2n) is 7.09. The minimum absolute atomic E-state index is 0.518. The number of rotatable bonds is 6. The number of pyridine rings is 1. The summed E-state index contributed by atoms with van der Waals surface area (Å²) in [6, 6.07) is 9.73. The molecule has 3 nitrogen and oxygen atoms in total. The molecule has 126 valence electrons. The third kappa shape index (κ3) is 3.78. The van der Waals surface area contributed by atoms with E-state index in [9.17, 15) is 0 Å². The van der Waals surface area contributed by atoms with Crippen molar-refractivity contribution in [3.05, 3.63) is 58.9 Å². The summed E-state index contributed by atoms with van der Waals surface area (Å²) in [7, 11) is 0. The Balaban J connectivity index is 1.35. The first-order valence-electron chi connectivity index (χ1n) is 9.27. The van der Waals surface area contributed by atoms with Gasteiger partial charge in [-0.05, 0) is 79.8 Å². The van der Waals surface area contributed by atoms with E-state index in [0.717, 1.165) is 31.7 Å². The molecule has 1 fully saturated rings. The molecule has 1 aromatic carbocycles. The number of benzene rings is 1. The van der Waals surface area contributed by atoms with Crippen molar-refractivity contribution in [3.63, 3.8) is 0 Å². The van der Waals surface area contributed by atoms with Crippen LogP contribution in [0.4, 0.5) is 0 Å². The lowest BCUT2D eigenvalue weighted by Gasteiger charge is -2.27. The molecule has 0 spiro atoms. The summed E-state index contributed by atoms with van der Waals surface area (Å²) < 4.78 is 5.85. The van der Waals surface area contributed by atoms with Crippen LogP contribution < -0.4 is 10.1 Å². The van der Waals surface area contributed by atoms with Gasteiger partial charge in [-0.15, -0.1) is 0 Å². The van der Waals surface area contributed by atoms with Crippen LogP contribution in [0.3, 0.4) is 0 Å². The molecule has 0 radical (unpaired) electrons. The monoisotopic (exact) mass is 322 g/mol. The fourth-order valence-electron chi connectivity index (χ4n) is 3.60. The molecule has 2 heterocycles. The van der Waals surface area contributed by atoms with Crippen molar-refractivity contribution in [2.45, 2.75) is 51.0 Å². The van der Waals surface area contributed by atoms with Gasteiger partial charge >= 0.3 is 0 Å². The van der Waals surface area contributed by atoms with Crippen molar-refractivity contribution in [3.8, 4) is 5.75 Å². The van der Waals surface area contributed by atoms with Gasteiger partial charge in [-0.25, -0.2) is 0 Å². The number of ether oxygens (including phenoxy) is 1. The summed E-state index contributed by atoms with van der Waals surface area (Å²) in [5.74, 6) is 0.895. The number of nitrogens with zero attached hydrogens (tertiary/aromatic N) is 1. The molecule has 1 aliphatic carbocycles. The topological polar surface area (TPSA) is 34.1 Å². The highest BCUT2D eigenvalue weighted by Crippen LogP contribution is 2.23. The first kappa shape index (κ1) is 15.6. The van der Waals surface area contributed by atoms with Gasteiger partial charge in [0.05, 0.1) is 6.20 Å². The Bertz CT molecular complexity index is 694. The van der Waals surface area contributed by atoms with Gasteiger partial charge in [0.15, 0.2) is 0 Å². The van der Waals surface area contributed by atoms with E-state index in [2.05, 4.69) is 34.6 Å². The van der Waals surface area contributed by atoms with Gasteiger partial charge in [-0.2, -0.15) is 0 Å². The van der Waals surface area contributed by atoms with Crippen LogP contribution in [-0.2, 0) is 25.7 Å². The van der Waals surface area contributed by atoms with Gasteiger partial charge < -0.3 is 10.1 Å². The molecule has 24 heavy (non-hydrogen) atoms. The first-order chi connectivity index (χ1) is 11.9. The predicted molar refractivity (Wildman–Crippen MR) is 96.6 cm³/mol. The summed E-state index contributed by atoms with van der Waals surface area (Å²) in [6.45, 7) is 1.86. The van der Waals surface area contributed by atoms with Gasteiger partial charge in [-0.1, -0.05) is 18.2 Å². The summed E-state index contributed by atoms with van der Waals surface area (Å²) in [6.07, 6.45) is 12.3. The van der Waals surface area contributed by atoms with Crippen LogP contribution in [0.2, 0.25) is 0 Å². The number of nitrogens with one attached hydrogen (secondary N) is 1. The van der Waals surface area contributed by atoms with E-state index in [1.807, 2.05) is 12.4 Å². The summed E-state index contributed by atoms with van der Waals surface area (Å²) in [5.41, 5.74) is 5.83. The van der Waals surface area contributed by atoms with Crippen molar-refractivity contribution >= 4 is 0 Å². The second-order valence-corrected chi connectivity index (χ2v) is 7.09. The molecule has 4 rings (SSSR count). The molecule has 2 aromatic rings. The van der Waals surface area contributed by atoms with Crippen LogP contribution in [0.25, 0.3) is 0 Å². The molecule has 1 saturated heterocycles. The van der Waals surface area contributed by atoms with Crippen molar-refractivity contribution < 1.29 is 4.74 Å². The highest BCUT2D eigenvalue weighted by atomic mass is 16.5. The third-order valence-corrected chi connectivity index (χ3v) is 5.26. The predicted octanol–water partition coefficient (Wildman–Crippen LogP) is 3.49. The maximum absolute atomic E-state index is 5.85. The maximum atomic E-state index is 5.85. The van der Waals surface area contributed by atoms with E-state index < -0.39 is 0 Å². The number of aryl methyl sites for hydroxylation is 4. The Hall–Kier alpha value is -1.87. The van der Waals surface area contributed by atoms with Crippen molar-refractivity contribution in [1.82, 2.24) is 10.3 Å². The molecule has 1 aromatic heterocycles. The number of hydrogen-bond donors (Lipinski definition) is 1. The summed E-state index contributed by atoms with van der Waals surface area (Å²) in [4.78, 5) is 4.34. The van der Waals surface area contributed by atoms with Crippen LogP contribution in [0.5, 0.6) is 5.75 Å². The SMILES string of the molecule is c1cc2c(cc1CCc1cncc(OC[C@@H]3CCN3)c1)CCCC2. The highest BCUT2D eigenvalue weighted by Gasteiger charge is 2.16. The standard InChI is InChI=1S/C21H26N2O/c1-2-4-19-11-16(7-8-18(19)3-1)5-6-17-12-21(14-22-13-17)24-15-20-9-10-23-20/h7-8,11-14,20,23H,1-6,9-10,15H2/t20-/m0/s1. The lowest BCUT2D eigenvalue weighted by atomic mass is 9.89. The largest absolute Gasteiger partial charge is 0.490 e. The van der Waals surface area contributed by atoms with Crippen molar-refractivity contribution in [2.75, 3.05) is 13.2 Å². The quantitative estimate of drug-likeness (QED) is 0.884. The molecule has 3 heteroatoms. The van der Waals surface area contributed by atoms with Crippen LogP contribution in [0, 0.1) is 0 Å².